The first kappa shape index (κ1) is 13.9. The Labute approximate surface area is 118 Å². The first-order valence-corrected chi connectivity index (χ1v) is 6.42. The van der Waals surface area contributed by atoms with Crippen LogP contribution >= 0.6 is 0 Å². The largest absolute Gasteiger partial charge is 0.493 e. The molecule has 2 aromatic rings. The van der Waals surface area contributed by atoms with Gasteiger partial charge in [0.1, 0.15) is 5.75 Å². The van der Waals surface area contributed by atoms with Crippen molar-refractivity contribution in [3.8, 4) is 5.75 Å². The second-order valence-corrected chi connectivity index (χ2v) is 4.30. The molecule has 0 fully saturated rings. The van der Waals surface area contributed by atoms with E-state index in [4.69, 9.17) is 4.74 Å². The molecule has 0 bridgehead atoms. The van der Waals surface area contributed by atoms with Crippen molar-refractivity contribution in [2.75, 3.05) is 6.61 Å². The van der Waals surface area contributed by atoms with E-state index in [-0.39, 0.29) is 0 Å². The lowest BCUT2D eigenvalue weighted by Gasteiger charge is -2.06. The summed E-state index contributed by atoms with van der Waals surface area (Å²) >= 11 is 0. The third-order valence-electron chi connectivity index (χ3n) is 2.80. The van der Waals surface area contributed by atoms with Crippen molar-refractivity contribution < 1.29 is 14.6 Å². The van der Waals surface area contributed by atoms with Crippen molar-refractivity contribution >= 4 is 12.0 Å². The predicted molar refractivity (Wildman–Crippen MR) is 78.6 cm³/mol. The summed E-state index contributed by atoms with van der Waals surface area (Å²) in [7, 11) is 0. The summed E-state index contributed by atoms with van der Waals surface area (Å²) in [4.78, 5) is 11.2. The highest BCUT2D eigenvalue weighted by atomic mass is 16.5. The van der Waals surface area contributed by atoms with Crippen LogP contribution in [0, 0.1) is 0 Å². The average molecular weight is 268 g/mol. The molecule has 102 valence electrons. The van der Waals surface area contributed by atoms with Gasteiger partial charge in [0.2, 0.25) is 0 Å². The summed E-state index contributed by atoms with van der Waals surface area (Å²) in [6.07, 6.45) is 2.04. The van der Waals surface area contributed by atoms with Crippen LogP contribution in [0.15, 0.2) is 66.2 Å². The first-order chi connectivity index (χ1) is 9.75. The lowest BCUT2D eigenvalue weighted by Crippen LogP contribution is -2.06. The molecule has 0 aliphatic carbocycles. The normalized spacial score (nSPS) is 11.1. The quantitative estimate of drug-likeness (QED) is 0.814. The Morgan fingerprint density at radius 2 is 1.60 bits per heavy atom. The van der Waals surface area contributed by atoms with Crippen LogP contribution < -0.4 is 4.74 Å². The monoisotopic (exact) mass is 268 g/mol. The maximum atomic E-state index is 11.2. The van der Waals surface area contributed by atoms with Crippen molar-refractivity contribution in [3.05, 3.63) is 71.8 Å². The zero-order chi connectivity index (χ0) is 14.2. The van der Waals surface area contributed by atoms with Gasteiger partial charge < -0.3 is 9.84 Å². The van der Waals surface area contributed by atoms with Gasteiger partial charge >= 0.3 is 5.97 Å². The number of carboxylic acid groups (broad SMARTS) is 1. The summed E-state index contributed by atoms with van der Waals surface area (Å²) in [5, 5.41) is 9.21. The second kappa shape index (κ2) is 7.14. The van der Waals surface area contributed by atoms with Gasteiger partial charge in [-0.1, -0.05) is 48.5 Å². The molecule has 2 aromatic carbocycles. The van der Waals surface area contributed by atoms with Crippen LogP contribution in [-0.2, 0) is 4.79 Å². The van der Waals surface area contributed by atoms with Crippen LogP contribution in [0.3, 0.4) is 0 Å². The van der Waals surface area contributed by atoms with Crippen LogP contribution in [0.25, 0.3) is 6.08 Å². The second-order valence-electron chi connectivity index (χ2n) is 4.30. The van der Waals surface area contributed by atoms with Gasteiger partial charge in [-0.25, -0.2) is 4.79 Å². The van der Waals surface area contributed by atoms with Crippen LogP contribution in [0.5, 0.6) is 5.75 Å². The van der Waals surface area contributed by atoms with Crippen LogP contribution in [0.1, 0.15) is 12.0 Å². The minimum atomic E-state index is -0.912. The molecule has 0 amide bonds. The number of rotatable bonds is 6. The summed E-state index contributed by atoms with van der Waals surface area (Å²) in [5.41, 5.74) is 1.22. The summed E-state index contributed by atoms with van der Waals surface area (Å²) in [6.45, 7) is 0.342. The lowest BCUT2D eigenvalue weighted by molar-refractivity contribution is -0.132. The highest BCUT2D eigenvalue weighted by Crippen LogP contribution is 2.13. The fourth-order valence-electron chi connectivity index (χ4n) is 1.79. The average Bonchev–Trinajstić information content (AvgIpc) is 2.48. The minimum Gasteiger partial charge on any atom is -0.493 e. The van der Waals surface area contributed by atoms with Gasteiger partial charge in [-0.3, -0.25) is 0 Å². The third kappa shape index (κ3) is 4.28. The van der Waals surface area contributed by atoms with E-state index in [1.807, 2.05) is 60.7 Å². The van der Waals surface area contributed by atoms with E-state index in [0.29, 0.717) is 18.6 Å². The van der Waals surface area contributed by atoms with Crippen LogP contribution in [-0.4, -0.2) is 17.7 Å². The van der Waals surface area contributed by atoms with Gasteiger partial charge in [-0.15, -0.1) is 0 Å². The van der Waals surface area contributed by atoms with Crippen molar-refractivity contribution in [3.63, 3.8) is 0 Å². The third-order valence-corrected chi connectivity index (χ3v) is 2.80. The fourth-order valence-corrected chi connectivity index (χ4v) is 1.79. The Hall–Kier alpha value is -2.55. The summed E-state index contributed by atoms with van der Waals surface area (Å²) in [6, 6.07) is 18.8. The predicted octanol–water partition coefficient (Wildman–Crippen LogP) is 3.62. The molecule has 0 heterocycles. The smallest absolute Gasteiger partial charge is 0.331 e. The molecule has 20 heavy (non-hydrogen) atoms. The highest BCUT2D eigenvalue weighted by Gasteiger charge is 2.07. The van der Waals surface area contributed by atoms with Crippen molar-refractivity contribution in [2.24, 2.45) is 0 Å². The molecule has 2 rings (SSSR count). The SMILES string of the molecule is O=C(O)C(=Cc1ccccc1)CCOc1ccccc1. The van der Waals surface area contributed by atoms with Crippen LogP contribution in [0.2, 0.25) is 0 Å². The standard InChI is InChI=1S/C17H16O3/c18-17(19)15(13-14-7-3-1-4-8-14)11-12-20-16-9-5-2-6-10-16/h1-10,13H,11-12H2,(H,18,19). The Morgan fingerprint density at radius 3 is 2.20 bits per heavy atom. The maximum Gasteiger partial charge on any atom is 0.331 e. The number of carbonyl (C=O) groups is 1. The maximum absolute atomic E-state index is 11.2. The molecule has 0 atom stereocenters. The van der Waals surface area contributed by atoms with Crippen molar-refractivity contribution in [2.45, 2.75) is 6.42 Å². The minimum absolute atomic E-state index is 0.340. The summed E-state index contributed by atoms with van der Waals surface area (Å²) < 4.78 is 5.52. The zero-order valence-electron chi connectivity index (χ0n) is 11.0. The molecule has 0 aromatic heterocycles. The van der Waals surface area contributed by atoms with E-state index < -0.39 is 5.97 Å². The molecule has 3 heteroatoms. The highest BCUT2D eigenvalue weighted by molar-refractivity contribution is 5.92. The first-order valence-electron chi connectivity index (χ1n) is 6.42. The molecule has 1 N–H and O–H groups in total. The van der Waals surface area contributed by atoms with Crippen molar-refractivity contribution in [1.29, 1.82) is 0 Å². The Kier molecular flexibility index (Phi) is 4.95. The number of para-hydroxylation sites is 1. The van der Waals surface area contributed by atoms with Gasteiger partial charge in [0.25, 0.3) is 0 Å². The van der Waals surface area contributed by atoms with Crippen molar-refractivity contribution in [1.82, 2.24) is 0 Å². The number of ether oxygens (including phenoxy) is 1. The Bertz CT molecular complexity index is 574. The van der Waals surface area contributed by atoms with E-state index >= 15 is 0 Å². The number of hydrogen-bond donors (Lipinski definition) is 1. The van der Waals surface area contributed by atoms with Gasteiger partial charge in [0.15, 0.2) is 0 Å². The van der Waals surface area contributed by atoms with E-state index in [9.17, 15) is 9.90 Å². The number of benzene rings is 2. The van der Waals surface area contributed by atoms with E-state index in [2.05, 4.69) is 0 Å². The molecule has 0 aliphatic heterocycles. The Balaban J connectivity index is 1.97. The molecular weight excluding hydrogens is 252 g/mol. The van der Waals surface area contributed by atoms with Gasteiger partial charge in [-0.05, 0) is 23.8 Å². The Morgan fingerprint density at radius 1 is 1.00 bits per heavy atom. The van der Waals surface area contributed by atoms with E-state index in [1.54, 1.807) is 6.08 Å². The number of hydrogen-bond acceptors (Lipinski definition) is 2. The van der Waals surface area contributed by atoms with Gasteiger partial charge in [0, 0.05) is 12.0 Å². The molecular formula is C17H16O3. The molecule has 0 radical (unpaired) electrons. The summed E-state index contributed by atoms with van der Waals surface area (Å²) in [5.74, 6) is -0.164. The molecule has 0 saturated carbocycles. The lowest BCUT2D eigenvalue weighted by atomic mass is 10.1. The molecule has 0 unspecified atom stereocenters. The fraction of sp³-hybridized carbons (Fsp3) is 0.118. The van der Waals surface area contributed by atoms with Gasteiger partial charge in [0.05, 0.1) is 6.61 Å². The number of carboxylic acids is 1. The molecule has 3 nitrogen and oxygen atoms in total. The molecule has 0 aliphatic rings. The number of aliphatic carboxylic acids is 1. The zero-order valence-corrected chi connectivity index (χ0v) is 11.0. The molecule has 0 saturated heterocycles. The van der Waals surface area contributed by atoms with E-state index in [0.717, 1.165) is 11.3 Å². The molecule has 0 spiro atoms. The van der Waals surface area contributed by atoms with Gasteiger partial charge in [-0.2, -0.15) is 0 Å². The van der Waals surface area contributed by atoms with E-state index in [1.165, 1.54) is 0 Å². The van der Waals surface area contributed by atoms with Crippen LogP contribution in [0.4, 0.5) is 0 Å². The topological polar surface area (TPSA) is 46.5 Å².